The SMILES string of the molecule is Oc1ccc(CNC23CC4CC(CC2C4)C3)c(O)c1. The molecule has 102 valence electrons. The van der Waals surface area contributed by atoms with Crippen molar-refractivity contribution in [1.29, 1.82) is 0 Å². The van der Waals surface area contributed by atoms with Gasteiger partial charge >= 0.3 is 0 Å². The fourth-order valence-electron chi connectivity index (χ4n) is 5.06. The Bertz CT molecular complexity index is 499. The number of rotatable bonds is 3. The minimum atomic E-state index is 0.125. The van der Waals surface area contributed by atoms with Crippen molar-refractivity contribution in [3.8, 4) is 11.5 Å². The van der Waals surface area contributed by atoms with E-state index in [-0.39, 0.29) is 11.5 Å². The van der Waals surface area contributed by atoms with Crippen molar-refractivity contribution in [2.24, 2.45) is 17.8 Å². The number of hydrogen-bond donors (Lipinski definition) is 3. The Morgan fingerprint density at radius 2 is 1.84 bits per heavy atom. The average molecular weight is 259 g/mol. The maximum atomic E-state index is 9.86. The maximum Gasteiger partial charge on any atom is 0.123 e. The Morgan fingerprint density at radius 3 is 2.53 bits per heavy atom. The molecule has 1 aromatic rings. The van der Waals surface area contributed by atoms with Gasteiger partial charge in [-0.3, -0.25) is 0 Å². The van der Waals surface area contributed by atoms with Gasteiger partial charge in [-0.05, 0) is 55.9 Å². The number of aromatic hydroxyl groups is 2. The van der Waals surface area contributed by atoms with Crippen LogP contribution in [0.3, 0.4) is 0 Å². The van der Waals surface area contributed by atoms with Crippen molar-refractivity contribution < 1.29 is 10.2 Å². The van der Waals surface area contributed by atoms with E-state index in [1.54, 1.807) is 6.07 Å². The second kappa shape index (κ2) is 3.89. The lowest BCUT2D eigenvalue weighted by Gasteiger charge is -2.34. The third-order valence-electron chi connectivity index (χ3n) is 5.69. The molecule has 0 aromatic heterocycles. The van der Waals surface area contributed by atoms with E-state index in [2.05, 4.69) is 5.32 Å². The quantitative estimate of drug-likeness (QED) is 0.782. The van der Waals surface area contributed by atoms with Crippen LogP contribution in [-0.2, 0) is 6.54 Å². The number of nitrogens with one attached hydrogen (secondary N) is 1. The summed E-state index contributed by atoms with van der Waals surface area (Å²) in [5.74, 6) is 3.06. The van der Waals surface area contributed by atoms with Gasteiger partial charge in [0, 0.05) is 23.7 Å². The molecule has 4 bridgehead atoms. The summed E-state index contributed by atoms with van der Waals surface area (Å²) in [6.07, 6.45) is 6.92. The molecule has 0 saturated heterocycles. The molecule has 3 nitrogen and oxygen atoms in total. The van der Waals surface area contributed by atoms with Gasteiger partial charge in [0.05, 0.1) is 0 Å². The van der Waals surface area contributed by atoms with Crippen molar-refractivity contribution in [1.82, 2.24) is 5.32 Å². The molecule has 19 heavy (non-hydrogen) atoms. The molecular weight excluding hydrogens is 238 g/mol. The van der Waals surface area contributed by atoms with Crippen LogP contribution in [0, 0.1) is 17.8 Å². The summed E-state index contributed by atoms with van der Waals surface area (Å²) in [7, 11) is 0. The lowest BCUT2D eigenvalue weighted by Crippen LogP contribution is -2.45. The summed E-state index contributed by atoms with van der Waals surface area (Å²) in [5, 5.41) is 22.9. The van der Waals surface area contributed by atoms with Crippen LogP contribution in [0.5, 0.6) is 11.5 Å². The summed E-state index contributed by atoms with van der Waals surface area (Å²) in [5.41, 5.74) is 1.23. The van der Waals surface area contributed by atoms with Gasteiger partial charge < -0.3 is 15.5 Å². The van der Waals surface area contributed by atoms with E-state index >= 15 is 0 Å². The smallest absolute Gasteiger partial charge is 0.123 e. The van der Waals surface area contributed by atoms with Gasteiger partial charge in [0.1, 0.15) is 11.5 Å². The predicted octanol–water partition coefficient (Wildman–Crippen LogP) is 2.77. The first-order chi connectivity index (χ1) is 9.14. The topological polar surface area (TPSA) is 52.5 Å². The molecule has 3 N–H and O–H groups in total. The van der Waals surface area contributed by atoms with Crippen molar-refractivity contribution in [2.45, 2.75) is 44.2 Å². The summed E-state index contributed by atoms with van der Waals surface area (Å²) >= 11 is 0. The third kappa shape index (κ3) is 1.75. The highest BCUT2D eigenvalue weighted by molar-refractivity contribution is 5.39. The zero-order chi connectivity index (χ0) is 13.0. The van der Waals surface area contributed by atoms with Gasteiger partial charge in [0.25, 0.3) is 0 Å². The molecule has 2 unspecified atom stereocenters. The Balaban J connectivity index is 1.51. The highest BCUT2D eigenvalue weighted by Gasteiger charge is 2.57. The standard InChI is InChI=1S/C16H21NO2/c18-14-2-1-12(15(19)6-14)9-17-16-7-10-3-11(8-16)5-13(16)4-10/h1-2,6,10-11,13,17-19H,3-5,7-9H2. The Labute approximate surface area is 113 Å². The second-order valence-electron chi connectivity index (χ2n) is 6.87. The zero-order valence-corrected chi connectivity index (χ0v) is 11.1. The fraction of sp³-hybridized carbons (Fsp3) is 0.625. The fourth-order valence-corrected chi connectivity index (χ4v) is 5.06. The molecule has 5 rings (SSSR count). The Hall–Kier alpha value is -1.22. The van der Waals surface area contributed by atoms with Crippen molar-refractivity contribution in [3.63, 3.8) is 0 Å². The minimum absolute atomic E-state index is 0.125. The molecule has 4 aliphatic rings. The van der Waals surface area contributed by atoms with Gasteiger partial charge in [-0.25, -0.2) is 0 Å². The molecule has 0 radical (unpaired) electrons. The van der Waals surface area contributed by atoms with Crippen LogP contribution in [0.25, 0.3) is 0 Å². The highest BCUT2D eigenvalue weighted by atomic mass is 16.3. The molecule has 1 aromatic carbocycles. The monoisotopic (exact) mass is 259 g/mol. The number of hydrogen-bond acceptors (Lipinski definition) is 3. The summed E-state index contributed by atoms with van der Waals surface area (Å²) in [6.45, 7) is 0.710. The summed E-state index contributed by atoms with van der Waals surface area (Å²) in [6, 6.07) is 4.88. The predicted molar refractivity (Wildman–Crippen MR) is 72.9 cm³/mol. The van der Waals surface area contributed by atoms with Gasteiger partial charge in [0.2, 0.25) is 0 Å². The lowest BCUT2D eigenvalue weighted by atomic mass is 9.80. The normalized spacial score (nSPS) is 39.1. The first-order valence-electron chi connectivity index (χ1n) is 7.40. The number of benzene rings is 1. The van der Waals surface area contributed by atoms with E-state index in [4.69, 9.17) is 0 Å². The van der Waals surface area contributed by atoms with E-state index in [0.717, 1.165) is 23.3 Å². The van der Waals surface area contributed by atoms with E-state index in [1.807, 2.05) is 6.07 Å². The van der Waals surface area contributed by atoms with E-state index in [1.165, 1.54) is 38.2 Å². The van der Waals surface area contributed by atoms with E-state index in [9.17, 15) is 10.2 Å². The van der Waals surface area contributed by atoms with Gasteiger partial charge in [-0.1, -0.05) is 6.07 Å². The second-order valence-corrected chi connectivity index (χ2v) is 6.87. The Kier molecular flexibility index (Phi) is 2.37. The molecule has 0 amide bonds. The summed E-state index contributed by atoms with van der Waals surface area (Å²) < 4.78 is 0. The van der Waals surface area contributed by atoms with Crippen LogP contribution in [0.1, 0.15) is 37.7 Å². The molecule has 0 heterocycles. The molecule has 2 atom stereocenters. The molecule has 0 aliphatic heterocycles. The average Bonchev–Trinajstić information content (AvgIpc) is 2.73. The molecule has 4 saturated carbocycles. The molecule has 4 aliphatic carbocycles. The van der Waals surface area contributed by atoms with Crippen LogP contribution in [0.15, 0.2) is 18.2 Å². The van der Waals surface area contributed by atoms with Crippen LogP contribution in [0.2, 0.25) is 0 Å². The summed E-state index contributed by atoms with van der Waals surface area (Å²) in [4.78, 5) is 0. The maximum absolute atomic E-state index is 9.86. The van der Waals surface area contributed by atoms with Gasteiger partial charge in [0.15, 0.2) is 0 Å². The van der Waals surface area contributed by atoms with Crippen LogP contribution < -0.4 is 5.32 Å². The molecular formula is C16H21NO2. The highest BCUT2D eigenvalue weighted by Crippen LogP contribution is 2.60. The van der Waals surface area contributed by atoms with Crippen molar-refractivity contribution in [2.75, 3.05) is 0 Å². The largest absolute Gasteiger partial charge is 0.508 e. The third-order valence-corrected chi connectivity index (χ3v) is 5.69. The Morgan fingerprint density at radius 1 is 1.11 bits per heavy atom. The van der Waals surface area contributed by atoms with E-state index < -0.39 is 0 Å². The first kappa shape index (κ1) is 11.6. The van der Waals surface area contributed by atoms with Crippen LogP contribution in [0.4, 0.5) is 0 Å². The minimum Gasteiger partial charge on any atom is -0.508 e. The molecule has 4 fully saturated rings. The van der Waals surface area contributed by atoms with Crippen molar-refractivity contribution >= 4 is 0 Å². The number of phenolic OH excluding ortho intramolecular Hbond substituents is 2. The van der Waals surface area contributed by atoms with Gasteiger partial charge in [-0.15, -0.1) is 0 Å². The number of phenols is 2. The molecule has 3 heteroatoms. The van der Waals surface area contributed by atoms with Gasteiger partial charge in [-0.2, -0.15) is 0 Å². The zero-order valence-electron chi connectivity index (χ0n) is 11.1. The van der Waals surface area contributed by atoms with Crippen LogP contribution >= 0.6 is 0 Å². The van der Waals surface area contributed by atoms with Crippen LogP contribution in [-0.4, -0.2) is 15.8 Å². The van der Waals surface area contributed by atoms with Crippen molar-refractivity contribution in [3.05, 3.63) is 23.8 Å². The molecule has 0 spiro atoms. The van der Waals surface area contributed by atoms with E-state index in [0.29, 0.717) is 12.1 Å². The first-order valence-corrected chi connectivity index (χ1v) is 7.40. The lowest BCUT2D eigenvalue weighted by molar-refractivity contribution is 0.232.